The van der Waals surface area contributed by atoms with Crippen LogP contribution in [0.2, 0.25) is 0 Å². The van der Waals surface area contributed by atoms with E-state index in [1.807, 2.05) is 6.26 Å². The van der Waals surface area contributed by atoms with Crippen LogP contribution >= 0.6 is 0 Å². The summed E-state index contributed by atoms with van der Waals surface area (Å²) in [5.41, 5.74) is 4.01. The number of hydrogen-bond donors (Lipinski definition) is 1. The zero-order valence-corrected chi connectivity index (χ0v) is 10.7. The van der Waals surface area contributed by atoms with Crippen LogP contribution in [0.1, 0.15) is 36.9 Å². The number of benzene rings is 1. The van der Waals surface area contributed by atoms with Crippen molar-refractivity contribution in [2.24, 2.45) is 0 Å². The van der Waals surface area contributed by atoms with E-state index < -0.39 is 0 Å². The Bertz CT molecular complexity index is 398. The lowest BCUT2D eigenvalue weighted by Crippen LogP contribution is -2.24. The van der Waals surface area contributed by atoms with Gasteiger partial charge in [-0.15, -0.1) is 0 Å². The first-order valence-corrected chi connectivity index (χ1v) is 6.41. The zero-order chi connectivity index (χ0) is 12.1. The van der Waals surface area contributed by atoms with Gasteiger partial charge in [0.2, 0.25) is 0 Å². The summed E-state index contributed by atoms with van der Waals surface area (Å²) in [5.74, 6) is 0. The molecule has 0 saturated carbocycles. The monoisotopic (exact) mass is 231 g/mol. The topological polar surface area (TPSA) is 21.3 Å². The maximum Gasteiger partial charge on any atom is 0.0876 e. The van der Waals surface area contributed by atoms with E-state index in [4.69, 9.17) is 4.74 Å². The normalized spacial score (nSPS) is 17.2. The molecule has 0 aromatic heterocycles. The molecule has 2 nitrogen and oxygen atoms in total. The molecule has 1 aliphatic heterocycles. The molecule has 0 radical (unpaired) electrons. The SMILES string of the molecule is CCNC(C1=COCCC1)c1cccc(C)c1. The molecular weight excluding hydrogens is 210 g/mol. The highest BCUT2D eigenvalue weighted by Crippen LogP contribution is 2.27. The van der Waals surface area contributed by atoms with E-state index in [1.165, 1.54) is 16.7 Å². The lowest BCUT2D eigenvalue weighted by molar-refractivity contribution is 0.219. The first-order valence-electron chi connectivity index (χ1n) is 6.41. The minimum atomic E-state index is 0.306. The van der Waals surface area contributed by atoms with Crippen LogP contribution in [0.5, 0.6) is 0 Å². The molecule has 2 rings (SSSR count). The van der Waals surface area contributed by atoms with Crippen LogP contribution in [0.3, 0.4) is 0 Å². The van der Waals surface area contributed by atoms with Crippen molar-refractivity contribution in [3.63, 3.8) is 0 Å². The first kappa shape index (κ1) is 12.2. The highest BCUT2D eigenvalue weighted by atomic mass is 16.5. The van der Waals surface area contributed by atoms with E-state index in [0.717, 1.165) is 26.0 Å². The van der Waals surface area contributed by atoms with E-state index in [-0.39, 0.29) is 0 Å². The predicted octanol–water partition coefficient (Wildman–Crippen LogP) is 3.34. The van der Waals surface area contributed by atoms with Gasteiger partial charge >= 0.3 is 0 Å². The number of hydrogen-bond acceptors (Lipinski definition) is 2. The third-order valence-electron chi connectivity index (χ3n) is 3.12. The lowest BCUT2D eigenvalue weighted by atomic mass is 9.94. The number of ether oxygens (including phenoxy) is 1. The molecule has 1 unspecified atom stereocenters. The van der Waals surface area contributed by atoms with Crippen LogP contribution in [0, 0.1) is 6.92 Å². The minimum absolute atomic E-state index is 0.306. The number of likely N-dealkylation sites (N-methyl/N-ethyl adjacent to an activating group) is 1. The summed E-state index contributed by atoms with van der Waals surface area (Å²) in [6, 6.07) is 9.01. The molecule has 1 aromatic carbocycles. The molecule has 1 aliphatic rings. The molecule has 0 saturated heterocycles. The molecule has 1 heterocycles. The van der Waals surface area contributed by atoms with E-state index >= 15 is 0 Å². The van der Waals surface area contributed by atoms with Crippen LogP contribution in [0.25, 0.3) is 0 Å². The van der Waals surface area contributed by atoms with Gasteiger partial charge in [-0.3, -0.25) is 0 Å². The van der Waals surface area contributed by atoms with Crippen molar-refractivity contribution < 1.29 is 4.74 Å². The molecule has 0 spiro atoms. The van der Waals surface area contributed by atoms with Gasteiger partial charge in [-0.05, 0) is 37.4 Å². The van der Waals surface area contributed by atoms with Gasteiger partial charge in [-0.1, -0.05) is 36.8 Å². The van der Waals surface area contributed by atoms with Crippen LogP contribution < -0.4 is 5.32 Å². The average Bonchev–Trinajstić information content (AvgIpc) is 2.37. The fourth-order valence-electron chi connectivity index (χ4n) is 2.31. The number of nitrogens with one attached hydrogen (secondary N) is 1. The molecule has 17 heavy (non-hydrogen) atoms. The molecule has 1 N–H and O–H groups in total. The Labute approximate surface area is 104 Å². The molecular formula is C15H21NO. The predicted molar refractivity (Wildman–Crippen MR) is 70.9 cm³/mol. The van der Waals surface area contributed by atoms with Gasteiger partial charge < -0.3 is 10.1 Å². The van der Waals surface area contributed by atoms with Crippen molar-refractivity contribution in [1.82, 2.24) is 5.32 Å². The largest absolute Gasteiger partial charge is 0.501 e. The molecule has 0 bridgehead atoms. The van der Waals surface area contributed by atoms with Gasteiger partial charge in [-0.2, -0.15) is 0 Å². The summed E-state index contributed by atoms with van der Waals surface area (Å²) in [7, 11) is 0. The smallest absolute Gasteiger partial charge is 0.0876 e. The Kier molecular flexibility index (Phi) is 4.21. The quantitative estimate of drug-likeness (QED) is 0.858. The summed E-state index contributed by atoms with van der Waals surface area (Å²) in [5, 5.41) is 3.55. The van der Waals surface area contributed by atoms with Gasteiger partial charge in [0.05, 0.1) is 18.9 Å². The molecule has 0 aliphatic carbocycles. The summed E-state index contributed by atoms with van der Waals surface area (Å²) < 4.78 is 5.46. The molecule has 1 atom stereocenters. The Morgan fingerprint density at radius 1 is 1.41 bits per heavy atom. The summed E-state index contributed by atoms with van der Waals surface area (Å²) in [4.78, 5) is 0. The third kappa shape index (κ3) is 3.10. The maximum atomic E-state index is 5.46. The standard InChI is InChI=1S/C15H21NO/c1-3-16-15(14-8-5-9-17-11-14)13-7-4-6-12(2)10-13/h4,6-7,10-11,15-16H,3,5,8-9H2,1-2H3. The van der Waals surface area contributed by atoms with Crippen molar-refractivity contribution >= 4 is 0 Å². The average molecular weight is 231 g/mol. The minimum Gasteiger partial charge on any atom is -0.501 e. The van der Waals surface area contributed by atoms with Crippen molar-refractivity contribution in [3.05, 3.63) is 47.2 Å². The van der Waals surface area contributed by atoms with E-state index in [0.29, 0.717) is 6.04 Å². The Morgan fingerprint density at radius 3 is 2.94 bits per heavy atom. The van der Waals surface area contributed by atoms with E-state index in [1.54, 1.807) is 0 Å². The van der Waals surface area contributed by atoms with Gasteiger partial charge in [0, 0.05) is 0 Å². The van der Waals surface area contributed by atoms with Crippen molar-refractivity contribution in [2.45, 2.75) is 32.7 Å². The van der Waals surface area contributed by atoms with Crippen LogP contribution in [0.15, 0.2) is 36.1 Å². The summed E-state index contributed by atoms with van der Waals surface area (Å²) >= 11 is 0. The van der Waals surface area contributed by atoms with E-state index in [2.05, 4.69) is 43.4 Å². The third-order valence-corrected chi connectivity index (χ3v) is 3.12. The van der Waals surface area contributed by atoms with Crippen molar-refractivity contribution in [1.29, 1.82) is 0 Å². The number of aryl methyl sites for hydroxylation is 1. The molecule has 1 aromatic rings. The lowest BCUT2D eigenvalue weighted by Gasteiger charge is -2.24. The fourth-order valence-corrected chi connectivity index (χ4v) is 2.31. The first-order chi connectivity index (χ1) is 8.31. The number of rotatable bonds is 4. The second kappa shape index (κ2) is 5.87. The van der Waals surface area contributed by atoms with Crippen LogP contribution in [-0.4, -0.2) is 13.2 Å². The summed E-state index contributed by atoms with van der Waals surface area (Å²) in [6.45, 7) is 6.11. The van der Waals surface area contributed by atoms with Crippen molar-refractivity contribution in [2.75, 3.05) is 13.2 Å². The van der Waals surface area contributed by atoms with Gasteiger partial charge in [-0.25, -0.2) is 0 Å². The Balaban J connectivity index is 2.24. The molecule has 0 fully saturated rings. The van der Waals surface area contributed by atoms with Crippen molar-refractivity contribution in [3.8, 4) is 0 Å². The van der Waals surface area contributed by atoms with Gasteiger partial charge in [0.25, 0.3) is 0 Å². The Hall–Kier alpha value is -1.28. The molecule has 92 valence electrons. The summed E-state index contributed by atoms with van der Waals surface area (Å²) in [6.07, 6.45) is 4.20. The fraction of sp³-hybridized carbons (Fsp3) is 0.467. The highest BCUT2D eigenvalue weighted by molar-refractivity contribution is 5.31. The second-order valence-electron chi connectivity index (χ2n) is 4.57. The second-order valence-corrected chi connectivity index (χ2v) is 4.57. The Morgan fingerprint density at radius 2 is 2.29 bits per heavy atom. The molecule has 2 heteroatoms. The highest BCUT2D eigenvalue weighted by Gasteiger charge is 2.17. The van der Waals surface area contributed by atoms with Gasteiger partial charge in [0.15, 0.2) is 0 Å². The molecule has 0 amide bonds. The van der Waals surface area contributed by atoms with Crippen LogP contribution in [0.4, 0.5) is 0 Å². The maximum absolute atomic E-state index is 5.46. The van der Waals surface area contributed by atoms with Gasteiger partial charge in [0.1, 0.15) is 0 Å². The van der Waals surface area contributed by atoms with E-state index in [9.17, 15) is 0 Å². The van der Waals surface area contributed by atoms with Crippen LogP contribution in [-0.2, 0) is 4.74 Å². The zero-order valence-electron chi connectivity index (χ0n) is 10.7.